The average Bonchev–Trinajstić information content (AvgIpc) is 2.91. The molecule has 23 heavy (non-hydrogen) atoms. The summed E-state index contributed by atoms with van der Waals surface area (Å²) in [7, 11) is 0. The molecule has 0 aliphatic carbocycles. The maximum absolute atomic E-state index is 13.3. The summed E-state index contributed by atoms with van der Waals surface area (Å²) in [6, 6.07) is 13.7. The molecule has 1 N–H and O–H groups in total. The molecule has 0 atom stereocenters. The quantitative estimate of drug-likeness (QED) is 0.807. The van der Waals surface area contributed by atoms with E-state index < -0.39 is 0 Å². The van der Waals surface area contributed by atoms with Crippen molar-refractivity contribution >= 4 is 11.9 Å². The molecule has 2 aromatic carbocycles. The molecule has 3 rings (SSSR count). The van der Waals surface area contributed by atoms with E-state index in [1.165, 1.54) is 18.2 Å². The standard InChI is InChI=1S/C17H15FN4O/c1-11-10-13(8-9-15(11)18)16(23)20-17-19-12(2)22(21-17)14-6-4-3-5-7-14/h3-10H,1-2H3,(H,20,21,23). The van der Waals surface area contributed by atoms with Crippen molar-refractivity contribution in [3.05, 3.63) is 71.3 Å². The van der Waals surface area contributed by atoms with E-state index in [0.717, 1.165) is 5.69 Å². The molecule has 6 heteroatoms. The van der Waals surface area contributed by atoms with Gasteiger partial charge in [0.1, 0.15) is 11.6 Å². The zero-order valence-corrected chi connectivity index (χ0v) is 12.7. The summed E-state index contributed by atoms with van der Waals surface area (Å²) < 4.78 is 14.9. The van der Waals surface area contributed by atoms with Gasteiger partial charge in [0.2, 0.25) is 5.95 Å². The van der Waals surface area contributed by atoms with E-state index in [9.17, 15) is 9.18 Å². The first-order chi connectivity index (χ1) is 11.0. The van der Waals surface area contributed by atoms with Gasteiger partial charge < -0.3 is 0 Å². The third kappa shape index (κ3) is 3.11. The molecule has 1 heterocycles. The third-order valence-electron chi connectivity index (χ3n) is 3.42. The number of carbonyl (C=O) groups is 1. The van der Waals surface area contributed by atoms with Gasteiger partial charge in [-0.1, -0.05) is 18.2 Å². The number of aromatic nitrogens is 3. The number of para-hydroxylation sites is 1. The molecule has 0 aliphatic rings. The molecular weight excluding hydrogens is 295 g/mol. The molecule has 0 aliphatic heterocycles. The molecule has 116 valence electrons. The zero-order chi connectivity index (χ0) is 16.4. The first-order valence-corrected chi connectivity index (χ1v) is 7.11. The van der Waals surface area contributed by atoms with E-state index in [4.69, 9.17) is 0 Å². The molecular formula is C17H15FN4O. The Kier molecular flexibility index (Phi) is 3.89. The first kappa shape index (κ1) is 14.9. The van der Waals surface area contributed by atoms with Crippen molar-refractivity contribution in [2.75, 3.05) is 5.32 Å². The normalized spacial score (nSPS) is 10.6. The Labute approximate surface area is 132 Å². The Balaban J connectivity index is 1.83. The Morgan fingerprint density at radius 2 is 1.87 bits per heavy atom. The lowest BCUT2D eigenvalue weighted by Gasteiger charge is -2.03. The van der Waals surface area contributed by atoms with Gasteiger partial charge in [-0.2, -0.15) is 4.98 Å². The summed E-state index contributed by atoms with van der Waals surface area (Å²) in [4.78, 5) is 16.5. The lowest BCUT2D eigenvalue weighted by molar-refractivity contribution is 0.102. The highest BCUT2D eigenvalue weighted by atomic mass is 19.1. The maximum Gasteiger partial charge on any atom is 0.258 e. The third-order valence-corrected chi connectivity index (χ3v) is 3.42. The molecule has 1 amide bonds. The van der Waals surface area contributed by atoms with Gasteiger partial charge in [0.05, 0.1) is 5.69 Å². The Hall–Kier alpha value is -3.02. The van der Waals surface area contributed by atoms with Crippen molar-refractivity contribution in [3.8, 4) is 5.69 Å². The fraction of sp³-hybridized carbons (Fsp3) is 0.118. The van der Waals surface area contributed by atoms with Crippen LogP contribution in [0.3, 0.4) is 0 Å². The number of nitrogens with zero attached hydrogens (tertiary/aromatic N) is 3. The van der Waals surface area contributed by atoms with Crippen molar-refractivity contribution in [1.82, 2.24) is 14.8 Å². The Morgan fingerprint density at radius 1 is 1.13 bits per heavy atom. The lowest BCUT2D eigenvalue weighted by Crippen LogP contribution is -2.13. The molecule has 0 bridgehead atoms. The molecule has 0 fully saturated rings. The monoisotopic (exact) mass is 310 g/mol. The van der Waals surface area contributed by atoms with Gasteiger partial charge in [-0.3, -0.25) is 10.1 Å². The number of benzene rings is 2. The number of hydrogen-bond acceptors (Lipinski definition) is 3. The molecule has 1 aromatic heterocycles. The number of hydrogen-bond donors (Lipinski definition) is 1. The number of rotatable bonds is 3. The van der Waals surface area contributed by atoms with Crippen LogP contribution in [-0.2, 0) is 0 Å². The molecule has 0 saturated heterocycles. The number of amides is 1. The van der Waals surface area contributed by atoms with E-state index in [-0.39, 0.29) is 17.7 Å². The lowest BCUT2D eigenvalue weighted by atomic mass is 10.1. The molecule has 0 spiro atoms. The average molecular weight is 310 g/mol. The van der Waals surface area contributed by atoms with Crippen molar-refractivity contribution in [1.29, 1.82) is 0 Å². The van der Waals surface area contributed by atoms with Crippen LogP contribution >= 0.6 is 0 Å². The summed E-state index contributed by atoms with van der Waals surface area (Å²) in [5, 5.41) is 6.92. The van der Waals surface area contributed by atoms with E-state index in [1.54, 1.807) is 18.5 Å². The van der Waals surface area contributed by atoms with E-state index in [2.05, 4.69) is 15.4 Å². The Morgan fingerprint density at radius 3 is 2.57 bits per heavy atom. The molecule has 0 radical (unpaired) electrons. The van der Waals surface area contributed by atoms with Gasteiger partial charge in [-0.15, -0.1) is 5.10 Å². The minimum Gasteiger partial charge on any atom is -0.289 e. The van der Waals surface area contributed by atoms with Crippen LogP contribution < -0.4 is 5.32 Å². The number of halogens is 1. The number of carbonyl (C=O) groups excluding carboxylic acids is 1. The minimum atomic E-state index is -0.377. The summed E-state index contributed by atoms with van der Waals surface area (Å²) >= 11 is 0. The number of nitrogens with one attached hydrogen (secondary N) is 1. The van der Waals surface area contributed by atoms with Crippen LogP contribution in [0.4, 0.5) is 10.3 Å². The second kappa shape index (κ2) is 6.00. The molecule has 5 nitrogen and oxygen atoms in total. The van der Waals surface area contributed by atoms with Crippen LogP contribution in [0.1, 0.15) is 21.7 Å². The van der Waals surface area contributed by atoms with Gasteiger partial charge in [0.15, 0.2) is 0 Å². The van der Waals surface area contributed by atoms with Crippen molar-refractivity contribution in [2.24, 2.45) is 0 Å². The van der Waals surface area contributed by atoms with E-state index in [0.29, 0.717) is 17.0 Å². The van der Waals surface area contributed by atoms with Gasteiger partial charge in [0, 0.05) is 5.56 Å². The van der Waals surface area contributed by atoms with Crippen LogP contribution in [0.15, 0.2) is 48.5 Å². The smallest absolute Gasteiger partial charge is 0.258 e. The zero-order valence-electron chi connectivity index (χ0n) is 12.7. The maximum atomic E-state index is 13.3. The van der Waals surface area contributed by atoms with Crippen LogP contribution in [0.2, 0.25) is 0 Å². The summed E-state index contributed by atoms with van der Waals surface area (Å²) in [6.07, 6.45) is 0. The van der Waals surface area contributed by atoms with Crippen LogP contribution in [0.5, 0.6) is 0 Å². The van der Waals surface area contributed by atoms with E-state index >= 15 is 0 Å². The SMILES string of the molecule is Cc1cc(C(=O)Nc2nc(C)n(-c3ccccc3)n2)ccc1F. The number of aryl methyl sites for hydroxylation is 2. The second-order valence-corrected chi connectivity index (χ2v) is 5.15. The van der Waals surface area contributed by atoms with Crippen LogP contribution in [0.25, 0.3) is 5.69 Å². The fourth-order valence-corrected chi connectivity index (χ4v) is 2.22. The molecule has 0 unspecified atom stereocenters. The topological polar surface area (TPSA) is 59.8 Å². The van der Waals surface area contributed by atoms with Crippen molar-refractivity contribution in [3.63, 3.8) is 0 Å². The highest BCUT2D eigenvalue weighted by Crippen LogP contribution is 2.13. The van der Waals surface area contributed by atoms with Gasteiger partial charge >= 0.3 is 0 Å². The predicted molar refractivity (Wildman–Crippen MR) is 85.2 cm³/mol. The fourth-order valence-electron chi connectivity index (χ4n) is 2.22. The second-order valence-electron chi connectivity index (χ2n) is 5.15. The Bertz CT molecular complexity index is 858. The highest BCUT2D eigenvalue weighted by Gasteiger charge is 2.13. The van der Waals surface area contributed by atoms with E-state index in [1.807, 2.05) is 30.3 Å². The predicted octanol–water partition coefficient (Wildman–Crippen LogP) is 3.28. The molecule has 3 aromatic rings. The van der Waals surface area contributed by atoms with Gasteiger partial charge in [-0.25, -0.2) is 9.07 Å². The summed E-state index contributed by atoms with van der Waals surface area (Å²) in [6.45, 7) is 3.41. The van der Waals surface area contributed by atoms with Crippen molar-refractivity contribution in [2.45, 2.75) is 13.8 Å². The highest BCUT2D eigenvalue weighted by molar-refractivity contribution is 6.03. The molecule has 0 saturated carbocycles. The summed E-state index contributed by atoms with van der Waals surface area (Å²) in [5.41, 5.74) is 1.63. The summed E-state index contributed by atoms with van der Waals surface area (Å²) in [5.74, 6) is 0.141. The first-order valence-electron chi connectivity index (χ1n) is 7.11. The largest absolute Gasteiger partial charge is 0.289 e. The number of anilines is 1. The van der Waals surface area contributed by atoms with Crippen LogP contribution in [0, 0.1) is 19.7 Å². The minimum absolute atomic E-state index is 0.207. The van der Waals surface area contributed by atoms with Crippen LogP contribution in [-0.4, -0.2) is 20.7 Å². The van der Waals surface area contributed by atoms with Gasteiger partial charge in [-0.05, 0) is 49.7 Å². The van der Waals surface area contributed by atoms with Crippen molar-refractivity contribution < 1.29 is 9.18 Å². The van der Waals surface area contributed by atoms with Gasteiger partial charge in [0.25, 0.3) is 5.91 Å².